The van der Waals surface area contributed by atoms with Crippen molar-refractivity contribution in [3.05, 3.63) is 28.2 Å². The molecular formula is C13H18BrNO2. The molecule has 1 fully saturated rings. The highest BCUT2D eigenvalue weighted by Crippen LogP contribution is 2.31. The van der Waals surface area contributed by atoms with Gasteiger partial charge in [-0.3, -0.25) is 0 Å². The fourth-order valence-corrected chi connectivity index (χ4v) is 2.28. The van der Waals surface area contributed by atoms with Gasteiger partial charge in [0.2, 0.25) is 0 Å². The van der Waals surface area contributed by atoms with E-state index in [1.807, 2.05) is 18.2 Å². The van der Waals surface area contributed by atoms with Gasteiger partial charge in [-0.25, -0.2) is 0 Å². The largest absolute Gasteiger partial charge is 0.493 e. The first-order valence-electron chi connectivity index (χ1n) is 5.99. The summed E-state index contributed by atoms with van der Waals surface area (Å²) in [5.41, 5.74) is 6.73. The van der Waals surface area contributed by atoms with Crippen LogP contribution < -0.4 is 10.5 Å². The number of nitrogens with two attached hydrogens (primary N) is 1. The molecule has 1 aliphatic carbocycles. The zero-order chi connectivity index (χ0) is 12.3. The van der Waals surface area contributed by atoms with Gasteiger partial charge in [0.25, 0.3) is 0 Å². The zero-order valence-electron chi connectivity index (χ0n) is 9.73. The van der Waals surface area contributed by atoms with Crippen molar-refractivity contribution < 1.29 is 9.84 Å². The van der Waals surface area contributed by atoms with Crippen LogP contribution >= 0.6 is 15.9 Å². The number of ether oxygens (including phenoxy) is 1. The van der Waals surface area contributed by atoms with Gasteiger partial charge in [-0.15, -0.1) is 0 Å². The Balaban J connectivity index is 2.07. The molecule has 0 spiro atoms. The van der Waals surface area contributed by atoms with E-state index in [2.05, 4.69) is 15.9 Å². The average molecular weight is 300 g/mol. The number of halogens is 1. The predicted octanol–water partition coefficient (Wildman–Crippen LogP) is 2.62. The SMILES string of the molecule is NC(CO)c1cc(Br)ccc1OCC1CCC1. The van der Waals surface area contributed by atoms with E-state index >= 15 is 0 Å². The lowest BCUT2D eigenvalue weighted by Crippen LogP contribution is -2.21. The number of benzene rings is 1. The fourth-order valence-electron chi connectivity index (χ4n) is 1.91. The van der Waals surface area contributed by atoms with E-state index in [0.29, 0.717) is 5.92 Å². The molecule has 0 heterocycles. The molecule has 0 saturated heterocycles. The molecule has 2 rings (SSSR count). The van der Waals surface area contributed by atoms with Crippen molar-refractivity contribution in [1.29, 1.82) is 0 Å². The van der Waals surface area contributed by atoms with Crippen molar-refractivity contribution in [2.24, 2.45) is 11.7 Å². The van der Waals surface area contributed by atoms with Crippen LogP contribution in [0.5, 0.6) is 5.75 Å². The summed E-state index contributed by atoms with van der Waals surface area (Å²) in [5.74, 6) is 1.48. The van der Waals surface area contributed by atoms with Gasteiger partial charge in [-0.1, -0.05) is 22.4 Å². The molecule has 94 valence electrons. The number of rotatable bonds is 5. The van der Waals surface area contributed by atoms with Crippen molar-refractivity contribution in [1.82, 2.24) is 0 Å². The van der Waals surface area contributed by atoms with Crippen molar-refractivity contribution in [2.45, 2.75) is 25.3 Å². The minimum Gasteiger partial charge on any atom is -0.493 e. The normalized spacial score (nSPS) is 17.6. The number of hydrogen-bond acceptors (Lipinski definition) is 3. The molecule has 0 bridgehead atoms. The van der Waals surface area contributed by atoms with E-state index in [9.17, 15) is 0 Å². The van der Waals surface area contributed by atoms with E-state index in [0.717, 1.165) is 22.4 Å². The minimum atomic E-state index is -0.385. The molecule has 17 heavy (non-hydrogen) atoms. The van der Waals surface area contributed by atoms with Crippen LogP contribution in [-0.4, -0.2) is 18.3 Å². The average Bonchev–Trinajstić information content (AvgIpc) is 2.27. The molecule has 0 amide bonds. The van der Waals surface area contributed by atoms with Gasteiger partial charge in [-0.2, -0.15) is 0 Å². The molecule has 1 aliphatic rings. The summed E-state index contributed by atoms with van der Waals surface area (Å²) in [5, 5.41) is 9.14. The summed E-state index contributed by atoms with van der Waals surface area (Å²) in [4.78, 5) is 0. The van der Waals surface area contributed by atoms with Crippen molar-refractivity contribution in [3.63, 3.8) is 0 Å². The van der Waals surface area contributed by atoms with Crippen LogP contribution in [-0.2, 0) is 0 Å². The molecule has 4 heteroatoms. The Bertz CT molecular complexity index is 380. The third-order valence-electron chi connectivity index (χ3n) is 3.27. The predicted molar refractivity (Wildman–Crippen MR) is 71.0 cm³/mol. The highest BCUT2D eigenvalue weighted by atomic mass is 79.9. The first-order valence-corrected chi connectivity index (χ1v) is 6.78. The molecule has 0 radical (unpaired) electrons. The smallest absolute Gasteiger partial charge is 0.124 e. The van der Waals surface area contributed by atoms with Gasteiger partial charge < -0.3 is 15.6 Å². The summed E-state index contributed by atoms with van der Waals surface area (Å²) < 4.78 is 6.76. The van der Waals surface area contributed by atoms with Crippen molar-refractivity contribution in [2.75, 3.05) is 13.2 Å². The van der Waals surface area contributed by atoms with E-state index in [-0.39, 0.29) is 12.6 Å². The van der Waals surface area contributed by atoms with E-state index in [4.69, 9.17) is 15.6 Å². The lowest BCUT2D eigenvalue weighted by molar-refractivity contribution is 0.177. The van der Waals surface area contributed by atoms with E-state index < -0.39 is 0 Å². The topological polar surface area (TPSA) is 55.5 Å². The summed E-state index contributed by atoms with van der Waals surface area (Å²) in [6.07, 6.45) is 3.84. The maximum Gasteiger partial charge on any atom is 0.124 e. The third-order valence-corrected chi connectivity index (χ3v) is 3.76. The standard InChI is InChI=1S/C13H18BrNO2/c14-10-4-5-13(11(6-10)12(15)7-16)17-8-9-2-1-3-9/h4-6,9,12,16H,1-3,7-8,15H2. The molecule has 3 nitrogen and oxygen atoms in total. The highest BCUT2D eigenvalue weighted by molar-refractivity contribution is 9.10. The van der Waals surface area contributed by atoms with Gasteiger partial charge >= 0.3 is 0 Å². The zero-order valence-corrected chi connectivity index (χ0v) is 11.3. The van der Waals surface area contributed by atoms with Gasteiger partial charge in [-0.05, 0) is 37.0 Å². The van der Waals surface area contributed by atoms with Crippen LogP contribution in [0.25, 0.3) is 0 Å². The molecule has 1 saturated carbocycles. The maximum atomic E-state index is 9.14. The Morgan fingerprint density at radius 2 is 2.24 bits per heavy atom. The van der Waals surface area contributed by atoms with E-state index in [1.165, 1.54) is 19.3 Å². The van der Waals surface area contributed by atoms with E-state index in [1.54, 1.807) is 0 Å². The Morgan fingerprint density at radius 3 is 2.82 bits per heavy atom. The van der Waals surface area contributed by atoms with Crippen LogP contribution in [0.3, 0.4) is 0 Å². The Kier molecular flexibility index (Phi) is 4.42. The molecule has 1 aromatic rings. The van der Waals surface area contributed by atoms with Crippen LogP contribution in [0.4, 0.5) is 0 Å². The Morgan fingerprint density at radius 1 is 1.47 bits per heavy atom. The minimum absolute atomic E-state index is 0.0732. The van der Waals surface area contributed by atoms with Crippen LogP contribution in [0.2, 0.25) is 0 Å². The second kappa shape index (κ2) is 5.85. The van der Waals surface area contributed by atoms with Crippen molar-refractivity contribution >= 4 is 15.9 Å². The quantitative estimate of drug-likeness (QED) is 0.879. The summed E-state index contributed by atoms with van der Waals surface area (Å²) in [6, 6.07) is 5.37. The molecule has 0 aromatic heterocycles. The summed E-state index contributed by atoms with van der Waals surface area (Å²) in [6.45, 7) is 0.684. The molecule has 1 unspecified atom stereocenters. The molecule has 0 aliphatic heterocycles. The second-order valence-electron chi connectivity index (χ2n) is 4.58. The second-order valence-corrected chi connectivity index (χ2v) is 5.49. The summed E-state index contributed by atoms with van der Waals surface area (Å²) >= 11 is 3.41. The van der Waals surface area contributed by atoms with Crippen molar-refractivity contribution in [3.8, 4) is 5.75 Å². The third kappa shape index (κ3) is 3.21. The number of hydrogen-bond donors (Lipinski definition) is 2. The van der Waals surface area contributed by atoms with Crippen LogP contribution in [0.15, 0.2) is 22.7 Å². The highest BCUT2D eigenvalue weighted by Gasteiger charge is 2.19. The van der Waals surface area contributed by atoms with Gasteiger partial charge in [0.1, 0.15) is 5.75 Å². The molecule has 1 aromatic carbocycles. The Hall–Kier alpha value is -0.580. The number of aliphatic hydroxyl groups is 1. The first-order chi connectivity index (χ1) is 8.20. The Labute approximate surface area is 110 Å². The molecular weight excluding hydrogens is 282 g/mol. The monoisotopic (exact) mass is 299 g/mol. The fraction of sp³-hybridized carbons (Fsp3) is 0.538. The molecule has 3 N–H and O–H groups in total. The van der Waals surface area contributed by atoms with Crippen LogP contribution in [0.1, 0.15) is 30.9 Å². The first kappa shape index (κ1) is 12.9. The number of aliphatic hydroxyl groups excluding tert-OH is 1. The van der Waals surface area contributed by atoms with Gasteiger partial charge in [0.05, 0.1) is 19.3 Å². The lowest BCUT2D eigenvalue weighted by atomic mass is 9.86. The van der Waals surface area contributed by atoms with Crippen LogP contribution in [0, 0.1) is 5.92 Å². The summed E-state index contributed by atoms with van der Waals surface area (Å²) in [7, 11) is 0. The van der Waals surface area contributed by atoms with Gasteiger partial charge in [0, 0.05) is 10.0 Å². The maximum absolute atomic E-state index is 9.14. The molecule has 1 atom stereocenters. The lowest BCUT2D eigenvalue weighted by Gasteiger charge is -2.26. The van der Waals surface area contributed by atoms with Gasteiger partial charge in [0.15, 0.2) is 0 Å².